The molecule has 1 unspecified atom stereocenters. The molecule has 2 aromatic carbocycles. The van der Waals surface area contributed by atoms with Crippen molar-refractivity contribution in [1.82, 2.24) is 9.62 Å². The Labute approximate surface area is 149 Å². The van der Waals surface area contributed by atoms with E-state index in [1.54, 1.807) is 12.1 Å². The molecule has 0 aliphatic carbocycles. The molecule has 0 aliphatic heterocycles. The van der Waals surface area contributed by atoms with Crippen LogP contribution in [0.2, 0.25) is 5.02 Å². The lowest BCUT2D eigenvalue weighted by Gasteiger charge is -2.26. The molecule has 1 N–H and O–H groups in total. The molecule has 0 fully saturated rings. The lowest BCUT2D eigenvalue weighted by molar-refractivity contribution is 0.299. The molecule has 0 amide bonds. The molecule has 24 heavy (non-hydrogen) atoms. The first-order chi connectivity index (χ1) is 11.2. The molecule has 6 heteroatoms. The van der Waals surface area contributed by atoms with Crippen molar-refractivity contribution in [3.8, 4) is 0 Å². The van der Waals surface area contributed by atoms with Gasteiger partial charge in [0.1, 0.15) is 0 Å². The zero-order chi connectivity index (χ0) is 17.9. The summed E-state index contributed by atoms with van der Waals surface area (Å²) in [5, 5.41) is 0.626. The third-order valence-electron chi connectivity index (χ3n) is 4.14. The van der Waals surface area contributed by atoms with Crippen LogP contribution in [0.1, 0.15) is 22.7 Å². The van der Waals surface area contributed by atoms with Crippen LogP contribution in [-0.2, 0) is 10.0 Å². The number of hydrogen-bond donors (Lipinski definition) is 1. The smallest absolute Gasteiger partial charge is 0.240 e. The van der Waals surface area contributed by atoms with E-state index in [-0.39, 0.29) is 17.5 Å². The van der Waals surface area contributed by atoms with Crippen LogP contribution in [-0.4, -0.2) is 34.0 Å². The number of nitrogens with zero attached hydrogens (tertiary/aromatic N) is 1. The summed E-state index contributed by atoms with van der Waals surface area (Å²) in [5.41, 5.74) is 2.91. The van der Waals surface area contributed by atoms with E-state index < -0.39 is 10.0 Å². The van der Waals surface area contributed by atoms with Crippen molar-refractivity contribution >= 4 is 21.6 Å². The van der Waals surface area contributed by atoms with Crippen LogP contribution in [0.25, 0.3) is 0 Å². The van der Waals surface area contributed by atoms with Crippen molar-refractivity contribution in [3.63, 3.8) is 0 Å². The Balaban J connectivity index is 2.22. The van der Waals surface area contributed by atoms with E-state index in [4.69, 9.17) is 11.6 Å². The average Bonchev–Trinajstić information content (AvgIpc) is 2.51. The van der Waals surface area contributed by atoms with Crippen molar-refractivity contribution in [2.75, 3.05) is 20.6 Å². The van der Waals surface area contributed by atoms with Gasteiger partial charge in [-0.15, -0.1) is 0 Å². The summed E-state index contributed by atoms with van der Waals surface area (Å²) in [7, 11) is 0.234. The fourth-order valence-corrected chi connectivity index (χ4v) is 3.85. The highest BCUT2D eigenvalue weighted by Crippen LogP contribution is 2.26. The van der Waals surface area contributed by atoms with Crippen molar-refractivity contribution in [1.29, 1.82) is 0 Å². The number of hydrogen-bond acceptors (Lipinski definition) is 3. The number of aryl methyl sites for hydroxylation is 2. The summed E-state index contributed by atoms with van der Waals surface area (Å²) in [4.78, 5) is 2.23. The van der Waals surface area contributed by atoms with E-state index in [9.17, 15) is 8.42 Å². The summed E-state index contributed by atoms with van der Waals surface area (Å²) in [6, 6.07) is 12.5. The summed E-state index contributed by atoms with van der Waals surface area (Å²) in [5.74, 6) is 0. The molecule has 0 spiro atoms. The zero-order valence-corrected chi connectivity index (χ0v) is 15.9. The van der Waals surface area contributed by atoms with E-state index in [0.717, 1.165) is 16.7 Å². The predicted octanol–water partition coefficient (Wildman–Crippen LogP) is 3.54. The number of benzene rings is 2. The monoisotopic (exact) mass is 366 g/mol. The number of likely N-dealkylation sites (N-methyl/N-ethyl adjacent to an activating group) is 1. The molecule has 2 rings (SSSR count). The molecule has 0 aromatic heterocycles. The quantitative estimate of drug-likeness (QED) is 0.850. The fourth-order valence-electron chi connectivity index (χ4n) is 2.47. The molecule has 0 saturated heterocycles. The summed E-state index contributed by atoms with van der Waals surface area (Å²) in [6.07, 6.45) is 0. The van der Waals surface area contributed by atoms with Crippen LogP contribution in [0.5, 0.6) is 0 Å². The van der Waals surface area contributed by atoms with Gasteiger partial charge in [-0.25, -0.2) is 13.1 Å². The van der Waals surface area contributed by atoms with Gasteiger partial charge < -0.3 is 4.90 Å². The van der Waals surface area contributed by atoms with Gasteiger partial charge in [0.15, 0.2) is 0 Å². The van der Waals surface area contributed by atoms with Gasteiger partial charge >= 0.3 is 0 Å². The molecule has 2 aromatic rings. The molecule has 0 bridgehead atoms. The second-order valence-corrected chi connectivity index (χ2v) is 8.27. The van der Waals surface area contributed by atoms with E-state index in [0.29, 0.717) is 5.02 Å². The Morgan fingerprint density at radius 2 is 1.75 bits per heavy atom. The minimum Gasteiger partial charge on any atom is -0.301 e. The summed E-state index contributed by atoms with van der Waals surface area (Å²) >= 11 is 6.26. The van der Waals surface area contributed by atoms with Crippen LogP contribution in [0, 0.1) is 13.8 Å². The number of nitrogens with one attached hydrogen (secondary N) is 1. The maximum Gasteiger partial charge on any atom is 0.240 e. The SMILES string of the molecule is Cc1ccc(S(=O)(=O)NCC(c2ccccc2Cl)N(C)C)cc1C. The minimum absolute atomic E-state index is 0.153. The number of sulfonamides is 1. The van der Waals surface area contributed by atoms with E-state index >= 15 is 0 Å². The van der Waals surface area contributed by atoms with Gasteiger partial charge in [0.25, 0.3) is 0 Å². The molecule has 0 aliphatic rings. The first-order valence-corrected chi connectivity index (χ1v) is 9.56. The molecule has 0 saturated carbocycles. The summed E-state index contributed by atoms with van der Waals surface area (Å²) in [6.45, 7) is 4.10. The maximum absolute atomic E-state index is 12.6. The minimum atomic E-state index is -3.57. The molecular formula is C18H23ClN2O2S. The van der Waals surface area contributed by atoms with Gasteiger partial charge in [0.05, 0.1) is 4.90 Å². The third kappa shape index (κ3) is 4.36. The Morgan fingerprint density at radius 3 is 2.33 bits per heavy atom. The Bertz CT molecular complexity index is 820. The van der Waals surface area contributed by atoms with Crippen LogP contribution in [0.3, 0.4) is 0 Å². The van der Waals surface area contributed by atoms with Crippen LogP contribution in [0.15, 0.2) is 47.4 Å². The van der Waals surface area contributed by atoms with Crippen molar-refractivity contribution in [2.24, 2.45) is 0 Å². The topological polar surface area (TPSA) is 49.4 Å². The third-order valence-corrected chi connectivity index (χ3v) is 5.91. The highest BCUT2D eigenvalue weighted by molar-refractivity contribution is 7.89. The molecule has 130 valence electrons. The van der Waals surface area contributed by atoms with Gasteiger partial charge in [0, 0.05) is 17.6 Å². The fraction of sp³-hybridized carbons (Fsp3) is 0.333. The van der Waals surface area contributed by atoms with Crippen LogP contribution < -0.4 is 4.72 Å². The zero-order valence-electron chi connectivity index (χ0n) is 14.4. The van der Waals surface area contributed by atoms with Crippen LogP contribution in [0.4, 0.5) is 0 Å². The normalized spacial score (nSPS) is 13.2. The van der Waals surface area contributed by atoms with Crippen molar-refractivity contribution < 1.29 is 8.42 Å². The maximum atomic E-state index is 12.6. The Hall–Kier alpha value is -1.40. The van der Waals surface area contributed by atoms with Gasteiger partial charge in [-0.3, -0.25) is 0 Å². The van der Waals surface area contributed by atoms with Gasteiger partial charge in [-0.05, 0) is 62.8 Å². The predicted molar refractivity (Wildman–Crippen MR) is 99.0 cm³/mol. The molecular weight excluding hydrogens is 344 g/mol. The first-order valence-electron chi connectivity index (χ1n) is 7.70. The average molecular weight is 367 g/mol. The van der Waals surface area contributed by atoms with Gasteiger partial charge in [0.2, 0.25) is 10.0 Å². The second-order valence-electron chi connectivity index (χ2n) is 6.10. The van der Waals surface area contributed by atoms with Gasteiger partial charge in [-0.1, -0.05) is 35.9 Å². The second kappa shape index (κ2) is 7.66. The van der Waals surface area contributed by atoms with E-state index in [1.807, 2.05) is 63.2 Å². The van der Waals surface area contributed by atoms with E-state index in [1.165, 1.54) is 0 Å². The lowest BCUT2D eigenvalue weighted by atomic mass is 10.1. The standard InChI is InChI=1S/C18H23ClN2O2S/c1-13-9-10-15(11-14(13)2)24(22,23)20-12-18(21(3)4)16-7-5-6-8-17(16)19/h5-11,18,20H,12H2,1-4H3. The number of halogens is 1. The Morgan fingerprint density at radius 1 is 1.08 bits per heavy atom. The number of rotatable bonds is 6. The Kier molecular flexibility index (Phi) is 6.04. The van der Waals surface area contributed by atoms with Crippen molar-refractivity contribution in [3.05, 3.63) is 64.2 Å². The van der Waals surface area contributed by atoms with Gasteiger partial charge in [-0.2, -0.15) is 0 Å². The molecule has 0 radical (unpaired) electrons. The molecule has 1 atom stereocenters. The van der Waals surface area contributed by atoms with Crippen LogP contribution >= 0.6 is 11.6 Å². The highest BCUT2D eigenvalue weighted by atomic mass is 35.5. The van der Waals surface area contributed by atoms with Crippen molar-refractivity contribution in [2.45, 2.75) is 24.8 Å². The first kappa shape index (κ1) is 18.9. The van der Waals surface area contributed by atoms with E-state index in [2.05, 4.69) is 4.72 Å². The largest absolute Gasteiger partial charge is 0.301 e. The summed E-state index contributed by atoms with van der Waals surface area (Å²) < 4.78 is 27.9. The molecule has 0 heterocycles. The molecule has 4 nitrogen and oxygen atoms in total. The highest BCUT2D eigenvalue weighted by Gasteiger charge is 2.21. The lowest BCUT2D eigenvalue weighted by Crippen LogP contribution is -2.34.